The lowest BCUT2D eigenvalue weighted by Gasteiger charge is -2.01. The fourth-order valence-electron chi connectivity index (χ4n) is 1.60. The summed E-state index contributed by atoms with van der Waals surface area (Å²) < 4.78 is 2.59. The van der Waals surface area contributed by atoms with E-state index in [1.54, 1.807) is 16.8 Å². The molecular formula is C11H5BrCl2N4. The average molecular weight is 344 g/mol. The smallest absolute Gasteiger partial charge is 0.169 e. The zero-order valence-corrected chi connectivity index (χ0v) is 11.9. The molecule has 0 radical (unpaired) electrons. The number of rotatable bonds is 1. The van der Waals surface area contributed by atoms with Crippen molar-refractivity contribution >= 4 is 44.8 Å². The molecule has 0 aliphatic carbocycles. The van der Waals surface area contributed by atoms with Crippen LogP contribution in [0.25, 0.3) is 17.0 Å². The van der Waals surface area contributed by atoms with Crippen molar-refractivity contribution in [2.75, 3.05) is 0 Å². The van der Waals surface area contributed by atoms with Gasteiger partial charge in [0.25, 0.3) is 0 Å². The van der Waals surface area contributed by atoms with E-state index >= 15 is 0 Å². The molecule has 2 heterocycles. The Morgan fingerprint density at radius 3 is 2.72 bits per heavy atom. The molecule has 3 rings (SSSR count). The number of fused-ring (bicyclic) bond motifs is 1. The van der Waals surface area contributed by atoms with E-state index in [4.69, 9.17) is 23.2 Å². The first-order chi connectivity index (χ1) is 8.65. The molecule has 7 heteroatoms. The monoisotopic (exact) mass is 342 g/mol. The minimum atomic E-state index is 0.385. The van der Waals surface area contributed by atoms with Crippen LogP contribution in [-0.4, -0.2) is 19.6 Å². The normalized spacial score (nSPS) is 11.1. The van der Waals surface area contributed by atoms with E-state index in [0.29, 0.717) is 21.6 Å². The van der Waals surface area contributed by atoms with Crippen LogP contribution in [0.5, 0.6) is 0 Å². The van der Waals surface area contributed by atoms with Crippen LogP contribution in [0, 0.1) is 0 Å². The summed E-state index contributed by atoms with van der Waals surface area (Å²) in [4.78, 5) is 4.01. The SMILES string of the molecule is Clc1cc2nnc(-c3ccc(Br)c(Cl)c3)n2cn1. The Hall–Kier alpha value is -1.17. The second kappa shape index (κ2) is 4.50. The summed E-state index contributed by atoms with van der Waals surface area (Å²) in [5, 5.41) is 9.16. The molecule has 0 N–H and O–H groups in total. The first-order valence-electron chi connectivity index (χ1n) is 4.97. The van der Waals surface area contributed by atoms with Gasteiger partial charge in [-0.2, -0.15) is 0 Å². The molecule has 0 unspecified atom stereocenters. The van der Waals surface area contributed by atoms with E-state index in [0.717, 1.165) is 10.0 Å². The fourth-order valence-corrected chi connectivity index (χ4v) is 2.17. The Kier molecular flexibility index (Phi) is 2.97. The van der Waals surface area contributed by atoms with Gasteiger partial charge in [0.1, 0.15) is 11.5 Å². The second-order valence-corrected chi connectivity index (χ2v) is 5.24. The van der Waals surface area contributed by atoms with E-state index in [9.17, 15) is 0 Å². The quantitative estimate of drug-likeness (QED) is 0.630. The van der Waals surface area contributed by atoms with Gasteiger partial charge >= 0.3 is 0 Å². The Bertz CT molecular complexity index is 741. The topological polar surface area (TPSA) is 43.1 Å². The fraction of sp³-hybridized carbons (Fsp3) is 0. The molecule has 0 aliphatic rings. The van der Waals surface area contributed by atoms with Gasteiger partial charge in [0.05, 0.1) is 5.02 Å². The van der Waals surface area contributed by atoms with Crippen molar-refractivity contribution in [1.82, 2.24) is 19.6 Å². The molecule has 0 amide bonds. The van der Waals surface area contributed by atoms with Crippen molar-refractivity contribution in [2.45, 2.75) is 0 Å². The first-order valence-corrected chi connectivity index (χ1v) is 6.52. The molecule has 90 valence electrons. The van der Waals surface area contributed by atoms with Crippen molar-refractivity contribution in [3.8, 4) is 11.4 Å². The van der Waals surface area contributed by atoms with Crippen LogP contribution in [0.1, 0.15) is 0 Å². The maximum atomic E-state index is 6.07. The predicted octanol–water partition coefficient (Wildman–Crippen LogP) is 3.86. The molecule has 2 aromatic heterocycles. The van der Waals surface area contributed by atoms with Gasteiger partial charge in [0.2, 0.25) is 0 Å². The Balaban J connectivity index is 2.22. The molecule has 4 nitrogen and oxygen atoms in total. The van der Waals surface area contributed by atoms with Crippen LogP contribution in [0.2, 0.25) is 10.2 Å². The van der Waals surface area contributed by atoms with Gasteiger partial charge in [-0.25, -0.2) is 4.98 Å². The van der Waals surface area contributed by atoms with Gasteiger partial charge in [-0.1, -0.05) is 23.2 Å². The number of halogens is 3. The Morgan fingerprint density at radius 2 is 1.94 bits per heavy atom. The molecule has 0 bridgehead atoms. The molecule has 0 aliphatic heterocycles. The van der Waals surface area contributed by atoms with Crippen molar-refractivity contribution < 1.29 is 0 Å². The second-order valence-electron chi connectivity index (χ2n) is 3.59. The molecule has 0 saturated heterocycles. The van der Waals surface area contributed by atoms with E-state index in [1.165, 1.54) is 0 Å². The van der Waals surface area contributed by atoms with Crippen molar-refractivity contribution in [1.29, 1.82) is 0 Å². The maximum Gasteiger partial charge on any atom is 0.169 e. The van der Waals surface area contributed by atoms with Crippen molar-refractivity contribution in [3.63, 3.8) is 0 Å². The van der Waals surface area contributed by atoms with Gasteiger partial charge in [-0.15, -0.1) is 10.2 Å². The molecule has 0 spiro atoms. The van der Waals surface area contributed by atoms with E-state index < -0.39 is 0 Å². The van der Waals surface area contributed by atoms with E-state index in [-0.39, 0.29) is 0 Å². The summed E-state index contributed by atoms with van der Waals surface area (Å²) >= 11 is 15.2. The average Bonchev–Trinajstić information content (AvgIpc) is 2.75. The Labute approximate surface area is 121 Å². The summed E-state index contributed by atoms with van der Waals surface area (Å²) in [6.07, 6.45) is 1.59. The standard InChI is InChI=1S/C11H5BrCl2N4/c12-7-2-1-6(3-8(7)13)11-17-16-10-4-9(14)15-5-18(10)11/h1-5H. The van der Waals surface area contributed by atoms with Crippen LogP contribution >= 0.6 is 39.1 Å². The lowest BCUT2D eigenvalue weighted by Crippen LogP contribution is -1.91. The number of hydrogen-bond donors (Lipinski definition) is 0. The molecule has 0 fully saturated rings. The number of hydrogen-bond acceptors (Lipinski definition) is 3. The highest BCUT2D eigenvalue weighted by Crippen LogP contribution is 2.28. The van der Waals surface area contributed by atoms with Gasteiger partial charge in [0.15, 0.2) is 11.5 Å². The van der Waals surface area contributed by atoms with Crippen molar-refractivity contribution in [3.05, 3.63) is 45.2 Å². The zero-order chi connectivity index (χ0) is 12.7. The minimum Gasteiger partial charge on any atom is -0.265 e. The van der Waals surface area contributed by atoms with Gasteiger partial charge in [-0.3, -0.25) is 4.40 Å². The Morgan fingerprint density at radius 1 is 1.11 bits per heavy atom. The number of nitrogens with zero attached hydrogens (tertiary/aromatic N) is 4. The molecule has 1 aromatic carbocycles. The van der Waals surface area contributed by atoms with Crippen LogP contribution in [0.4, 0.5) is 0 Å². The molecule has 0 atom stereocenters. The largest absolute Gasteiger partial charge is 0.265 e. The lowest BCUT2D eigenvalue weighted by molar-refractivity contribution is 1.08. The third kappa shape index (κ3) is 1.98. The number of benzene rings is 1. The van der Waals surface area contributed by atoms with Crippen molar-refractivity contribution in [2.24, 2.45) is 0 Å². The van der Waals surface area contributed by atoms with Gasteiger partial charge in [-0.05, 0) is 34.1 Å². The number of aromatic nitrogens is 4. The maximum absolute atomic E-state index is 6.07. The third-order valence-electron chi connectivity index (χ3n) is 2.44. The third-order valence-corrected chi connectivity index (χ3v) is 3.88. The minimum absolute atomic E-state index is 0.385. The molecule has 0 saturated carbocycles. The molecule has 18 heavy (non-hydrogen) atoms. The molecular weight excluding hydrogens is 339 g/mol. The highest BCUT2D eigenvalue weighted by Gasteiger charge is 2.10. The zero-order valence-electron chi connectivity index (χ0n) is 8.81. The van der Waals surface area contributed by atoms with E-state index in [2.05, 4.69) is 31.1 Å². The molecule has 3 aromatic rings. The summed E-state index contributed by atoms with van der Waals surface area (Å²) in [7, 11) is 0. The summed E-state index contributed by atoms with van der Waals surface area (Å²) in [5.41, 5.74) is 1.50. The van der Waals surface area contributed by atoms with Gasteiger partial charge < -0.3 is 0 Å². The van der Waals surface area contributed by atoms with Gasteiger partial charge in [0, 0.05) is 16.1 Å². The summed E-state index contributed by atoms with van der Waals surface area (Å²) in [6.45, 7) is 0. The van der Waals surface area contributed by atoms with Crippen LogP contribution in [-0.2, 0) is 0 Å². The lowest BCUT2D eigenvalue weighted by atomic mass is 10.2. The van der Waals surface area contributed by atoms with Crippen LogP contribution in [0.3, 0.4) is 0 Å². The summed E-state index contributed by atoms with van der Waals surface area (Å²) in [5.74, 6) is 0.670. The highest BCUT2D eigenvalue weighted by molar-refractivity contribution is 9.10. The predicted molar refractivity (Wildman–Crippen MR) is 73.9 cm³/mol. The highest BCUT2D eigenvalue weighted by atomic mass is 79.9. The first kappa shape index (κ1) is 11.9. The summed E-state index contributed by atoms with van der Waals surface area (Å²) in [6, 6.07) is 7.23. The van der Waals surface area contributed by atoms with Crippen LogP contribution in [0.15, 0.2) is 35.1 Å². The van der Waals surface area contributed by atoms with Crippen LogP contribution < -0.4 is 0 Å². The van der Waals surface area contributed by atoms with E-state index in [1.807, 2.05) is 18.2 Å².